The number of hydrogen-bond acceptors (Lipinski definition) is 2. The van der Waals surface area contributed by atoms with Gasteiger partial charge in [0.25, 0.3) is 0 Å². The van der Waals surface area contributed by atoms with Crippen molar-refractivity contribution >= 4 is 0 Å². The first-order valence-electron chi connectivity index (χ1n) is 7.60. The fraction of sp³-hybridized carbons (Fsp3) is 0.368. The van der Waals surface area contributed by atoms with Crippen LogP contribution in [0, 0.1) is 6.92 Å². The molecule has 0 aliphatic rings. The quantitative estimate of drug-likeness (QED) is 0.818. The second-order valence-corrected chi connectivity index (χ2v) is 5.46. The molecule has 0 amide bonds. The Hall–Kier alpha value is -1.80. The molecular weight excluding hydrogens is 258 g/mol. The molecule has 21 heavy (non-hydrogen) atoms. The molecule has 0 aliphatic carbocycles. The number of methoxy groups -OCH3 is 1. The zero-order chi connectivity index (χ0) is 15.1. The normalized spacial score (nSPS) is 12.1. The van der Waals surface area contributed by atoms with E-state index in [1.54, 1.807) is 7.11 Å². The van der Waals surface area contributed by atoms with Crippen molar-refractivity contribution in [3.05, 3.63) is 65.2 Å². The van der Waals surface area contributed by atoms with Crippen molar-refractivity contribution in [2.75, 3.05) is 14.2 Å². The number of aryl methyl sites for hydroxylation is 2. The SMILES string of the molecule is CNC(CCCc1cc(C)ccc1OC)c1ccccc1. The molecule has 1 unspecified atom stereocenters. The van der Waals surface area contributed by atoms with Gasteiger partial charge in [0, 0.05) is 6.04 Å². The first-order valence-corrected chi connectivity index (χ1v) is 7.60. The van der Waals surface area contributed by atoms with Crippen molar-refractivity contribution in [1.82, 2.24) is 5.32 Å². The molecule has 0 heterocycles. The molecule has 0 bridgehead atoms. The summed E-state index contributed by atoms with van der Waals surface area (Å²) in [4.78, 5) is 0. The van der Waals surface area contributed by atoms with E-state index in [0.717, 1.165) is 25.0 Å². The smallest absolute Gasteiger partial charge is 0.122 e. The number of nitrogens with one attached hydrogen (secondary N) is 1. The van der Waals surface area contributed by atoms with Crippen molar-refractivity contribution in [2.45, 2.75) is 32.2 Å². The summed E-state index contributed by atoms with van der Waals surface area (Å²) < 4.78 is 5.45. The highest BCUT2D eigenvalue weighted by atomic mass is 16.5. The summed E-state index contributed by atoms with van der Waals surface area (Å²) in [5.74, 6) is 1.00. The van der Waals surface area contributed by atoms with Gasteiger partial charge >= 0.3 is 0 Å². The summed E-state index contributed by atoms with van der Waals surface area (Å²) in [5.41, 5.74) is 3.95. The average molecular weight is 283 g/mol. The fourth-order valence-corrected chi connectivity index (χ4v) is 2.76. The van der Waals surface area contributed by atoms with Gasteiger partial charge in [-0.15, -0.1) is 0 Å². The highest BCUT2D eigenvalue weighted by Crippen LogP contribution is 2.24. The molecule has 0 aliphatic heterocycles. The van der Waals surface area contributed by atoms with E-state index in [2.05, 4.69) is 60.8 Å². The van der Waals surface area contributed by atoms with E-state index in [1.165, 1.54) is 16.7 Å². The van der Waals surface area contributed by atoms with E-state index < -0.39 is 0 Å². The highest BCUT2D eigenvalue weighted by molar-refractivity contribution is 5.36. The van der Waals surface area contributed by atoms with Gasteiger partial charge in [-0.2, -0.15) is 0 Å². The van der Waals surface area contributed by atoms with Crippen LogP contribution in [0.3, 0.4) is 0 Å². The summed E-state index contributed by atoms with van der Waals surface area (Å²) in [6.07, 6.45) is 3.31. The third kappa shape index (κ3) is 4.33. The Bertz CT molecular complexity index is 551. The lowest BCUT2D eigenvalue weighted by molar-refractivity contribution is 0.408. The third-order valence-corrected chi connectivity index (χ3v) is 3.93. The van der Waals surface area contributed by atoms with Gasteiger partial charge in [-0.3, -0.25) is 0 Å². The van der Waals surface area contributed by atoms with E-state index in [4.69, 9.17) is 4.74 Å². The predicted molar refractivity (Wildman–Crippen MR) is 88.9 cm³/mol. The maximum Gasteiger partial charge on any atom is 0.122 e. The Morgan fingerprint density at radius 1 is 1.10 bits per heavy atom. The minimum Gasteiger partial charge on any atom is -0.496 e. The largest absolute Gasteiger partial charge is 0.496 e. The lowest BCUT2D eigenvalue weighted by Gasteiger charge is -2.17. The predicted octanol–water partition coefficient (Wildman–Crippen LogP) is 4.29. The minimum absolute atomic E-state index is 0.419. The first kappa shape index (κ1) is 15.6. The minimum atomic E-state index is 0.419. The van der Waals surface area contributed by atoms with Gasteiger partial charge < -0.3 is 10.1 Å². The van der Waals surface area contributed by atoms with Crippen LogP contribution in [0.25, 0.3) is 0 Å². The van der Waals surface area contributed by atoms with Gasteiger partial charge in [0.15, 0.2) is 0 Å². The molecule has 0 radical (unpaired) electrons. The Morgan fingerprint density at radius 2 is 1.86 bits per heavy atom. The second kappa shape index (κ2) is 7.84. The van der Waals surface area contributed by atoms with Gasteiger partial charge in [0.2, 0.25) is 0 Å². The Kier molecular flexibility index (Phi) is 5.82. The number of benzene rings is 2. The van der Waals surface area contributed by atoms with E-state index >= 15 is 0 Å². The van der Waals surface area contributed by atoms with E-state index in [1.807, 2.05) is 7.05 Å². The fourth-order valence-electron chi connectivity index (χ4n) is 2.76. The molecule has 2 aromatic rings. The zero-order valence-corrected chi connectivity index (χ0v) is 13.2. The van der Waals surface area contributed by atoms with Crippen molar-refractivity contribution in [3.8, 4) is 5.75 Å². The summed E-state index contributed by atoms with van der Waals surface area (Å²) in [6, 6.07) is 17.5. The molecule has 1 N–H and O–H groups in total. The Balaban J connectivity index is 1.96. The second-order valence-electron chi connectivity index (χ2n) is 5.46. The zero-order valence-electron chi connectivity index (χ0n) is 13.2. The van der Waals surface area contributed by atoms with E-state index in [-0.39, 0.29) is 0 Å². The maximum absolute atomic E-state index is 5.45. The molecule has 112 valence electrons. The van der Waals surface area contributed by atoms with Crippen LogP contribution in [0.15, 0.2) is 48.5 Å². The molecule has 2 heteroatoms. The molecule has 2 nitrogen and oxygen atoms in total. The molecule has 0 aromatic heterocycles. The molecular formula is C19H25NO. The Labute approximate surface area is 128 Å². The summed E-state index contributed by atoms with van der Waals surface area (Å²) in [7, 11) is 3.78. The van der Waals surface area contributed by atoms with Gasteiger partial charge in [-0.05, 0) is 50.4 Å². The number of ether oxygens (including phenoxy) is 1. The highest BCUT2D eigenvalue weighted by Gasteiger charge is 2.09. The molecule has 1 atom stereocenters. The molecule has 0 spiro atoms. The summed E-state index contributed by atoms with van der Waals surface area (Å²) in [6.45, 7) is 2.13. The van der Waals surface area contributed by atoms with Gasteiger partial charge in [0.1, 0.15) is 5.75 Å². The topological polar surface area (TPSA) is 21.3 Å². The molecule has 2 rings (SSSR count). The summed E-state index contributed by atoms with van der Waals surface area (Å²) >= 11 is 0. The number of hydrogen-bond donors (Lipinski definition) is 1. The van der Waals surface area contributed by atoms with Crippen LogP contribution >= 0.6 is 0 Å². The van der Waals surface area contributed by atoms with Crippen molar-refractivity contribution in [3.63, 3.8) is 0 Å². The van der Waals surface area contributed by atoms with Crippen LogP contribution in [0.5, 0.6) is 5.75 Å². The van der Waals surface area contributed by atoms with Crippen LogP contribution in [-0.4, -0.2) is 14.2 Å². The lowest BCUT2D eigenvalue weighted by Crippen LogP contribution is -2.16. The average Bonchev–Trinajstić information content (AvgIpc) is 2.52. The van der Waals surface area contributed by atoms with E-state index in [0.29, 0.717) is 6.04 Å². The van der Waals surface area contributed by atoms with Gasteiger partial charge in [0.05, 0.1) is 7.11 Å². The van der Waals surface area contributed by atoms with Crippen molar-refractivity contribution in [2.24, 2.45) is 0 Å². The Morgan fingerprint density at radius 3 is 2.52 bits per heavy atom. The molecule has 0 fully saturated rings. The molecule has 0 saturated heterocycles. The lowest BCUT2D eigenvalue weighted by atomic mass is 9.98. The van der Waals surface area contributed by atoms with Crippen LogP contribution in [0.2, 0.25) is 0 Å². The van der Waals surface area contributed by atoms with Crippen LogP contribution in [-0.2, 0) is 6.42 Å². The maximum atomic E-state index is 5.45. The number of rotatable bonds is 7. The first-order chi connectivity index (χ1) is 10.2. The third-order valence-electron chi connectivity index (χ3n) is 3.93. The van der Waals surface area contributed by atoms with E-state index in [9.17, 15) is 0 Å². The van der Waals surface area contributed by atoms with Crippen molar-refractivity contribution in [1.29, 1.82) is 0 Å². The van der Waals surface area contributed by atoms with Gasteiger partial charge in [-0.25, -0.2) is 0 Å². The van der Waals surface area contributed by atoms with Crippen LogP contribution in [0.4, 0.5) is 0 Å². The standard InChI is InChI=1S/C19H25NO/c1-15-12-13-19(21-3)17(14-15)10-7-11-18(20-2)16-8-5-4-6-9-16/h4-6,8-9,12-14,18,20H,7,10-11H2,1-3H3. The molecule has 0 saturated carbocycles. The van der Waals surface area contributed by atoms with Gasteiger partial charge in [-0.1, -0.05) is 48.0 Å². The van der Waals surface area contributed by atoms with Crippen LogP contribution in [0.1, 0.15) is 35.6 Å². The molecule has 2 aromatic carbocycles. The monoisotopic (exact) mass is 283 g/mol. The van der Waals surface area contributed by atoms with Crippen molar-refractivity contribution < 1.29 is 4.74 Å². The summed E-state index contributed by atoms with van der Waals surface area (Å²) in [5, 5.41) is 3.41. The van der Waals surface area contributed by atoms with Crippen LogP contribution < -0.4 is 10.1 Å².